The Kier molecular flexibility index (Phi) is 7.76. The van der Waals surface area contributed by atoms with E-state index in [1.54, 1.807) is 6.20 Å². The van der Waals surface area contributed by atoms with E-state index < -0.39 is 0 Å². The number of hydrogen-bond acceptors (Lipinski definition) is 3. The van der Waals surface area contributed by atoms with Crippen molar-refractivity contribution >= 4 is 27.5 Å². The molecule has 0 saturated carbocycles. The van der Waals surface area contributed by atoms with Crippen molar-refractivity contribution in [3.05, 3.63) is 28.5 Å². The molecule has 0 aliphatic carbocycles. The second-order valence-corrected chi connectivity index (χ2v) is 4.64. The lowest BCUT2D eigenvalue weighted by molar-refractivity contribution is 0.146. The second-order valence-electron chi connectivity index (χ2n) is 3.34. The molecule has 0 aliphatic heterocycles. The lowest BCUT2D eigenvalue weighted by atomic mass is 10.3. The van der Waals surface area contributed by atoms with E-state index >= 15 is 0 Å². The minimum absolute atomic E-state index is 0.567. The van der Waals surface area contributed by atoms with Gasteiger partial charge in [-0.3, -0.25) is 4.98 Å². The summed E-state index contributed by atoms with van der Waals surface area (Å²) < 4.78 is 6.27. The first-order valence-electron chi connectivity index (χ1n) is 5.27. The highest BCUT2D eigenvalue weighted by Crippen LogP contribution is 2.08. The molecule has 0 saturated heterocycles. The molecule has 90 valence electrons. The fraction of sp³-hybridized carbons (Fsp3) is 0.545. The Labute approximate surface area is 110 Å². The van der Waals surface area contributed by atoms with Crippen molar-refractivity contribution in [1.29, 1.82) is 0 Å². The van der Waals surface area contributed by atoms with Crippen molar-refractivity contribution < 1.29 is 4.74 Å². The lowest BCUT2D eigenvalue weighted by Crippen LogP contribution is -2.16. The monoisotopic (exact) mass is 306 g/mol. The Bertz CT molecular complexity index is 299. The van der Waals surface area contributed by atoms with Crippen LogP contribution in [0.5, 0.6) is 0 Å². The smallest absolute Gasteiger partial charge is 0.0601 e. The van der Waals surface area contributed by atoms with E-state index in [0.717, 1.165) is 30.6 Å². The van der Waals surface area contributed by atoms with Crippen LogP contribution < -0.4 is 5.32 Å². The molecule has 0 fully saturated rings. The summed E-state index contributed by atoms with van der Waals surface area (Å²) in [5.74, 6) is 0.567. The van der Waals surface area contributed by atoms with Crippen LogP contribution in [0.1, 0.15) is 12.0 Å². The third kappa shape index (κ3) is 6.43. The van der Waals surface area contributed by atoms with E-state index in [9.17, 15) is 0 Å². The van der Waals surface area contributed by atoms with Crippen LogP contribution in [0.15, 0.2) is 22.9 Å². The Balaban J connectivity index is 2.03. The Hall–Kier alpha value is -0.160. The Morgan fingerprint density at radius 3 is 3.00 bits per heavy atom. The molecule has 16 heavy (non-hydrogen) atoms. The van der Waals surface area contributed by atoms with E-state index in [4.69, 9.17) is 16.3 Å². The van der Waals surface area contributed by atoms with Gasteiger partial charge in [0.1, 0.15) is 0 Å². The number of halogens is 2. The summed E-state index contributed by atoms with van der Waals surface area (Å²) in [5.41, 5.74) is 1.18. The molecule has 0 radical (unpaired) electrons. The first-order chi connectivity index (χ1) is 7.83. The second kappa shape index (κ2) is 8.93. The number of aromatic nitrogens is 1. The molecule has 0 unspecified atom stereocenters. The maximum Gasteiger partial charge on any atom is 0.0601 e. The SMILES string of the molecule is ClCCOCCCNCc1cncc(Br)c1. The number of hydrogen-bond donors (Lipinski definition) is 1. The molecule has 1 N–H and O–H groups in total. The predicted molar refractivity (Wildman–Crippen MR) is 69.8 cm³/mol. The highest BCUT2D eigenvalue weighted by molar-refractivity contribution is 9.10. The average molecular weight is 308 g/mol. The Morgan fingerprint density at radius 2 is 2.25 bits per heavy atom. The fourth-order valence-electron chi connectivity index (χ4n) is 1.24. The molecule has 0 bridgehead atoms. The van der Waals surface area contributed by atoms with Crippen molar-refractivity contribution in [2.45, 2.75) is 13.0 Å². The van der Waals surface area contributed by atoms with Crippen LogP contribution in [0, 0.1) is 0 Å². The van der Waals surface area contributed by atoms with Gasteiger partial charge in [0.15, 0.2) is 0 Å². The molecule has 1 aromatic heterocycles. The van der Waals surface area contributed by atoms with Gasteiger partial charge in [0.05, 0.1) is 6.61 Å². The summed E-state index contributed by atoms with van der Waals surface area (Å²) in [6, 6.07) is 2.06. The molecule has 3 nitrogen and oxygen atoms in total. The maximum absolute atomic E-state index is 5.48. The fourth-order valence-corrected chi connectivity index (χ4v) is 1.76. The van der Waals surface area contributed by atoms with Gasteiger partial charge in [0, 0.05) is 35.9 Å². The first kappa shape index (κ1) is 13.9. The zero-order valence-electron chi connectivity index (χ0n) is 9.09. The first-order valence-corrected chi connectivity index (χ1v) is 6.59. The van der Waals surface area contributed by atoms with Gasteiger partial charge >= 0.3 is 0 Å². The van der Waals surface area contributed by atoms with Crippen LogP contribution in [0.25, 0.3) is 0 Å². The molecule has 0 aliphatic rings. The molecule has 0 spiro atoms. The van der Waals surface area contributed by atoms with E-state index in [1.807, 2.05) is 6.20 Å². The van der Waals surface area contributed by atoms with Crippen LogP contribution in [0.3, 0.4) is 0 Å². The van der Waals surface area contributed by atoms with Crippen molar-refractivity contribution in [1.82, 2.24) is 10.3 Å². The molecule has 1 heterocycles. The average Bonchev–Trinajstić information content (AvgIpc) is 2.28. The number of rotatable bonds is 8. The van der Waals surface area contributed by atoms with Gasteiger partial charge in [-0.25, -0.2) is 0 Å². The van der Waals surface area contributed by atoms with Crippen LogP contribution in [-0.2, 0) is 11.3 Å². The number of nitrogens with zero attached hydrogens (tertiary/aromatic N) is 1. The van der Waals surface area contributed by atoms with Gasteiger partial charge in [-0.1, -0.05) is 0 Å². The third-order valence-corrected chi connectivity index (χ3v) is 2.54. The summed E-state index contributed by atoms with van der Waals surface area (Å²) in [4.78, 5) is 4.10. The molecule has 1 rings (SSSR count). The normalized spacial score (nSPS) is 10.6. The van der Waals surface area contributed by atoms with Crippen LogP contribution >= 0.6 is 27.5 Å². The van der Waals surface area contributed by atoms with Crippen LogP contribution in [0.2, 0.25) is 0 Å². The molecular weight excluding hydrogens is 291 g/mol. The quantitative estimate of drug-likeness (QED) is 0.592. The number of ether oxygens (including phenoxy) is 1. The number of alkyl halides is 1. The predicted octanol–water partition coefficient (Wildman–Crippen LogP) is 2.58. The summed E-state index contributed by atoms with van der Waals surface area (Å²) >= 11 is 8.87. The van der Waals surface area contributed by atoms with E-state index in [-0.39, 0.29) is 0 Å². The zero-order valence-corrected chi connectivity index (χ0v) is 11.4. The molecule has 0 atom stereocenters. The maximum atomic E-state index is 5.48. The highest BCUT2D eigenvalue weighted by atomic mass is 79.9. The molecule has 0 amide bonds. The van der Waals surface area contributed by atoms with Gasteiger partial charge in [-0.15, -0.1) is 11.6 Å². The minimum Gasteiger partial charge on any atom is -0.380 e. The van der Waals surface area contributed by atoms with Crippen molar-refractivity contribution in [2.24, 2.45) is 0 Å². The van der Waals surface area contributed by atoms with Gasteiger partial charge in [-0.2, -0.15) is 0 Å². The summed E-state index contributed by atoms with van der Waals surface area (Å²) in [6.07, 6.45) is 4.64. The van der Waals surface area contributed by atoms with Gasteiger partial charge in [0.2, 0.25) is 0 Å². The van der Waals surface area contributed by atoms with E-state index in [0.29, 0.717) is 12.5 Å². The standard InChI is InChI=1S/C11H16BrClN2O/c12-11-6-10(8-15-9-11)7-14-3-1-4-16-5-2-13/h6,8-9,14H,1-5,7H2. The van der Waals surface area contributed by atoms with E-state index in [2.05, 4.69) is 32.3 Å². The van der Waals surface area contributed by atoms with Crippen LogP contribution in [0.4, 0.5) is 0 Å². The lowest BCUT2D eigenvalue weighted by Gasteiger charge is -2.05. The number of pyridine rings is 1. The zero-order chi connectivity index (χ0) is 11.6. The molecule has 5 heteroatoms. The van der Waals surface area contributed by atoms with E-state index in [1.165, 1.54) is 5.56 Å². The Morgan fingerprint density at radius 1 is 1.38 bits per heavy atom. The summed E-state index contributed by atoms with van der Waals surface area (Å²) in [5, 5.41) is 3.33. The minimum atomic E-state index is 0.567. The highest BCUT2D eigenvalue weighted by Gasteiger charge is 1.94. The van der Waals surface area contributed by atoms with Crippen LogP contribution in [-0.4, -0.2) is 30.6 Å². The third-order valence-electron chi connectivity index (χ3n) is 1.95. The van der Waals surface area contributed by atoms with Crippen molar-refractivity contribution in [3.8, 4) is 0 Å². The molecule has 0 aromatic carbocycles. The van der Waals surface area contributed by atoms with Crippen molar-refractivity contribution in [2.75, 3.05) is 25.6 Å². The van der Waals surface area contributed by atoms with Gasteiger partial charge in [0.25, 0.3) is 0 Å². The summed E-state index contributed by atoms with van der Waals surface area (Å²) in [7, 11) is 0. The molecule has 1 aromatic rings. The number of nitrogens with one attached hydrogen (secondary N) is 1. The summed E-state index contributed by atoms with van der Waals surface area (Å²) in [6.45, 7) is 3.17. The van der Waals surface area contributed by atoms with Gasteiger partial charge < -0.3 is 10.1 Å². The largest absolute Gasteiger partial charge is 0.380 e. The van der Waals surface area contributed by atoms with Crippen molar-refractivity contribution in [3.63, 3.8) is 0 Å². The molecular formula is C11H16BrClN2O. The topological polar surface area (TPSA) is 34.1 Å². The van der Waals surface area contributed by atoms with Gasteiger partial charge in [-0.05, 0) is 40.5 Å².